The van der Waals surface area contributed by atoms with Crippen LogP contribution in [0, 0.1) is 5.92 Å². The molecule has 0 saturated carbocycles. The molecule has 1 unspecified atom stereocenters. The Morgan fingerprint density at radius 3 is 2.45 bits per heavy atom. The highest BCUT2D eigenvalue weighted by atomic mass is 16.5. The van der Waals surface area contributed by atoms with Crippen LogP contribution in [-0.2, 0) is 11.2 Å². The Bertz CT molecular complexity index is 386. The largest absolute Gasteiger partial charge is 0.376 e. The van der Waals surface area contributed by atoms with Crippen LogP contribution in [0.1, 0.15) is 32.3 Å². The maximum Gasteiger partial charge on any atom is 0.0645 e. The molecule has 0 aliphatic carbocycles. The van der Waals surface area contributed by atoms with Crippen LogP contribution in [0.4, 0.5) is 0 Å². The van der Waals surface area contributed by atoms with E-state index in [2.05, 4.69) is 54.4 Å². The Hall–Kier alpha value is -0.900. The Labute approximate surface area is 136 Å². The van der Waals surface area contributed by atoms with Crippen LogP contribution < -0.4 is 5.32 Å². The van der Waals surface area contributed by atoms with Crippen LogP contribution >= 0.6 is 0 Å². The summed E-state index contributed by atoms with van der Waals surface area (Å²) in [5.74, 6) is 0.693. The molecule has 22 heavy (non-hydrogen) atoms. The van der Waals surface area contributed by atoms with E-state index in [1.54, 1.807) is 0 Å². The van der Waals surface area contributed by atoms with Gasteiger partial charge in [0.1, 0.15) is 0 Å². The fraction of sp³-hybridized carbons (Fsp3) is 0.684. The minimum Gasteiger partial charge on any atom is -0.376 e. The Kier molecular flexibility index (Phi) is 7.92. The first-order valence-electron chi connectivity index (χ1n) is 8.92. The van der Waals surface area contributed by atoms with Crippen molar-refractivity contribution in [1.29, 1.82) is 0 Å². The zero-order valence-electron chi connectivity index (χ0n) is 14.3. The number of hydrogen-bond donors (Lipinski definition) is 1. The molecule has 3 heteroatoms. The third-order valence-electron chi connectivity index (χ3n) is 4.82. The second-order valence-corrected chi connectivity index (χ2v) is 6.21. The molecule has 124 valence electrons. The SMILES string of the molecule is CCN(CC)CCOC(Cc1ccccc1)C1CCNCC1. The summed E-state index contributed by atoms with van der Waals surface area (Å²) < 4.78 is 6.35. The highest BCUT2D eigenvalue weighted by molar-refractivity contribution is 5.15. The zero-order chi connectivity index (χ0) is 15.6. The van der Waals surface area contributed by atoms with Gasteiger partial charge in [-0.2, -0.15) is 0 Å². The molecule has 1 heterocycles. The van der Waals surface area contributed by atoms with Gasteiger partial charge in [-0.1, -0.05) is 44.2 Å². The average Bonchev–Trinajstić information content (AvgIpc) is 2.59. The summed E-state index contributed by atoms with van der Waals surface area (Å²) in [6.45, 7) is 10.8. The first-order chi connectivity index (χ1) is 10.8. The van der Waals surface area contributed by atoms with E-state index in [1.807, 2.05) is 0 Å². The lowest BCUT2D eigenvalue weighted by atomic mass is 9.88. The van der Waals surface area contributed by atoms with E-state index in [4.69, 9.17) is 4.74 Å². The minimum atomic E-state index is 0.361. The predicted molar refractivity (Wildman–Crippen MR) is 93.3 cm³/mol. The molecular weight excluding hydrogens is 272 g/mol. The lowest BCUT2D eigenvalue weighted by molar-refractivity contribution is -0.00567. The number of ether oxygens (including phenoxy) is 1. The topological polar surface area (TPSA) is 24.5 Å². The molecule has 1 aromatic carbocycles. The molecule has 2 rings (SSSR count). The van der Waals surface area contributed by atoms with Crippen molar-refractivity contribution in [2.45, 2.75) is 39.2 Å². The summed E-state index contributed by atoms with van der Waals surface area (Å²) in [4.78, 5) is 2.43. The molecule has 0 aromatic heterocycles. The van der Waals surface area contributed by atoms with Crippen LogP contribution in [0.2, 0.25) is 0 Å². The molecule has 1 aromatic rings. The van der Waals surface area contributed by atoms with E-state index in [9.17, 15) is 0 Å². The van der Waals surface area contributed by atoms with Crippen molar-refractivity contribution in [3.8, 4) is 0 Å². The van der Waals surface area contributed by atoms with Crippen molar-refractivity contribution in [3.05, 3.63) is 35.9 Å². The lowest BCUT2D eigenvalue weighted by Gasteiger charge is -2.31. The third kappa shape index (κ3) is 5.71. The second kappa shape index (κ2) is 9.98. The molecule has 1 aliphatic heterocycles. The van der Waals surface area contributed by atoms with Crippen molar-refractivity contribution < 1.29 is 4.74 Å². The second-order valence-electron chi connectivity index (χ2n) is 6.21. The minimum absolute atomic E-state index is 0.361. The normalized spacial score (nSPS) is 17.8. The van der Waals surface area contributed by atoms with Gasteiger partial charge in [0.2, 0.25) is 0 Å². The summed E-state index contributed by atoms with van der Waals surface area (Å²) in [6.07, 6.45) is 3.88. The van der Waals surface area contributed by atoms with E-state index in [1.165, 1.54) is 18.4 Å². The van der Waals surface area contributed by atoms with Crippen LogP contribution in [-0.4, -0.2) is 50.3 Å². The fourth-order valence-electron chi connectivity index (χ4n) is 3.30. The quantitative estimate of drug-likeness (QED) is 0.759. The van der Waals surface area contributed by atoms with Gasteiger partial charge >= 0.3 is 0 Å². The van der Waals surface area contributed by atoms with Crippen LogP contribution in [0.25, 0.3) is 0 Å². The molecule has 1 aliphatic rings. The first kappa shape index (κ1) is 17.5. The van der Waals surface area contributed by atoms with Crippen molar-refractivity contribution in [2.75, 3.05) is 39.3 Å². The molecule has 3 nitrogen and oxygen atoms in total. The maximum absolute atomic E-state index is 6.35. The monoisotopic (exact) mass is 304 g/mol. The highest BCUT2D eigenvalue weighted by Crippen LogP contribution is 2.22. The van der Waals surface area contributed by atoms with E-state index in [-0.39, 0.29) is 0 Å². The molecule has 1 fully saturated rings. The number of piperidine rings is 1. The van der Waals surface area contributed by atoms with E-state index in [0.29, 0.717) is 12.0 Å². The summed E-state index contributed by atoms with van der Waals surface area (Å²) in [5.41, 5.74) is 1.40. The molecule has 0 radical (unpaired) electrons. The summed E-state index contributed by atoms with van der Waals surface area (Å²) in [7, 11) is 0. The highest BCUT2D eigenvalue weighted by Gasteiger charge is 2.24. The predicted octanol–water partition coefficient (Wildman–Crippen LogP) is 2.96. The molecule has 1 saturated heterocycles. The number of likely N-dealkylation sites (N-methyl/N-ethyl adjacent to an activating group) is 1. The number of nitrogens with one attached hydrogen (secondary N) is 1. The van der Waals surface area contributed by atoms with Crippen molar-refractivity contribution in [2.24, 2.45) is 5.92 Å². The molecule has 0 bridgehead atoms. The molecule has 0 spiro atoms. The van der Waals surface area contributed by atoms with Gasteiger partial charge < -0.3 is 15.0 Å². The van der Waals surface area contributed by atoms with E-state index < -0.39 is 0 Å². The number of hydrogen-bond acceptors (Lipinski definition) is 3. The van der Waals surface area contributed by atoms with Crippen LogP contribution in [0.15, 0.2) is 30.3 Å². The fourth-order valence-corrected chi connectivity index (χ4v) is 3.30. The van der Waals surface area contributed by atoms with Crippen molar-refractivity contribution in [3.63, 3.8) is 0 Å². The van der Waals surface area contributed by atoms with Crippen LogP contribution in [0.3, 0.4) is 0 Å². The molecular formula is C19H32N2O. The van der Waals surface area contributed by atoms with Crippen molar-refractivity contribution in [1.82, 2.24) is 10.2 Å². The average molecular weight is 304 g/mol. The maximum atomic E-state index is 6.35. The van der Waals surface area contributed by atoms with E-state index in [0.717, 1.165) is 45.8 Å². The van der Waals surface area contributed by atoms with Gasteiger partial charge in [-0.15, -0.1) is 0 Å². The third-order valence-corrected chi connectivity index (χ3v) is 4.82. The van der Waals surface area contributed by atoms with Gasteiger partial charge in [-0.05, 0) is 56.9 Å². The van der Waals surface area contributed by atoms with Gasteiger partial charge in [0.15, 0.2) is 0 Å². The lowest BCUT2D eigenvalue weighted by Crippen LogP contribution is -2.38. The molecule has 1 N–H and O–H groups in total. The Morgan fingerprint density at radius 1 is 1.14 bits per heavy atom. The van der Waals surface area contributed by atoms with Gasteiger partial charge in [0.05, 0.1) is 12.7 Å². The van der Waals surface area contributed by atoms with E-state index >= 15 is 0 Å². The molecule has 0 amide bonds. The van der Waals surface area contributed by atoms with Crippen LogP contribution in [0.5, 0.6) is 0 Å². The first-order valence-corrected chi connectivity index (χ1v) is 8.92. The van der Waals surface area contributed by atoms with Gasteiger partial charge in [-0.25, -0.2) is 0 Å². The molecule has 1 atom stereocenters. The summed E-state index contributed by atoms with van der Waals surface area (Å²) >= 11 is 0. The summed E-state index contributed by atoms with van der Waals surface area (Å²) in [5, 5.41) is 3.46. The smallest absolute Gasteiger partial charge is 0.0645 e. The van der Waals surface area contributed by atoms with Crippen molar-refractivity contribution >= 4 is 0 Å². The van der Waals surface area contributed by atoms with Gasteiger partial charge in [0, 0.05) is 6.54 Å². The number of nitrogens with zero attached hydrogens (tertiary/aromatic N) is 1. The standard InChI is InChI=1S/C19H32N2O/c1-3-21(4-2)14-15-22-19(18-10-12-20-13-11-18)16-17-8-6-5-7-9-17/h5-9,18-20H,3-4,10-16H2,1-2H3. The number of benzene rings is 1. The van der Waals surface area contributed by atoms with Gasteiger partial charge in [-0.3, -0.25) is 0 Å². The zero-order valence-corrected chi connectivity index (χ0v) is 14.3. The Balaban J connectivity index is 1.89. The van der Waals surface area contributed by atoms with Gasteiger partial charge in [0.25, 0.3) is 0 Å². The number of rotatable bonds is 9. The Morgan fingerprint density at radius 2 is 1.82 bits per heavy atom. The summed E-state index contributed by atoms with van der Waals surface area (Å²) in [6, 6.07) is 10.8.